The van der Waals surface area contributed by atoms with Gasteiger partial charge < -0.3 is 15.6 Å². The number of rotatable bonds is 8. The maximum atomic E-state index is 12.4. The third-order valence-corrected chi connectivity index (χ3v) is 3.46. The van der Waals surface area contributed by atoms with Gasteiger partial charge in [-0.1, -0.05) is 44.1 Å². The highest BCUT2D eigenvalue weighted by Gasteiger charge is 2.39. The number of nitrogens with zero attached hydrogens (tertiary/aromatic N) is 2. The van der Waals surface area contributed by atoms with Crippen LogP contribution in [0.1, 0.15) is 45.4 Å². The fourth-order valence-corrected chi connectivity index (χ4v) is 2.46. The van der Waals surface area contributed by atoms with E-state index in [0.717, 1.165) is 12.8 Å². The average Bonchev–Trinajstić information content (AvgIpc) is 2.88. The first-order valence-electron chi connectivity index (χ1n) is 6.40. The summed E-state index contributed by atoms with van der Waals surface area (Å²) in [7, 11) is 0. The van der Waals surface area contributed by atoms with Gasteiger partial charge in [-0.25, -0.2) is 0 Å². The van der Waals surface area contributed by atoms with Crippen molar-refractivity contribution in [3.05, 3.63) is 12.2 Å². The Bertz CT molecular complexity index is 413. The molecule has 0 bridgehead atoms. The molecule has 0 fully saturated rings. The molecular weight excluding hydrogens is 264 g/mol. The first-order valence-corrected chi connectivity index (χ1v) is 6.81. The molecule has 6 nitrogen and oxygen atoms in total. The van der Waals surface area contributed by atoms with Crippen molar-refractivity contribution in [1.82, 2.24) is 15.5 Å². The SMILES string of the molecule is CCCC(CCC)(C(=O)NCc1ncon1)C(N)=S. The Kier molecular flexibility index (Phi) is 5.88. The van der Waals surface area contributed by atoms with Gasteiger partial charge >= 0.3 is 0 Å². The molecule has 7 heteroatoms. The highest BCUT2D eigenvalue weighted by atomic mass is 32.1. The summed E-state index contributed by atoms with van der Waals surface area (Å²) in [5, 5.41) is 6.43. The van der Waals surface area contributed by atoms with Crippen LogP contribution in [0.3, 0.4) is 0 Å². The van der Waals surface area contributed by atoms with Crippen LogP contribution in [0.5, 0.6) is 0 Å². The first kappa shape index (κ1) is 15.6. The normalized spacial score (nSPS) is 11.3. The minimum Gasteiger partial charge on any atom is -0.392 e. The zero-order valence-electron chi connectivity index (χ0n) is 11.3. The van der Waals surface area contributed by atoms with Crippen LogP contribution in [0.15, 0.2) is 10.9 Å². The van der Waals surface area contributed by atoms with E-state index in [-0.39, 0.29) is 17.4 Å². The van der Waals surface area contributed by atoms with Crippen molar-refractivity contribution >= 4 is 23.1 Å². The third-order valence-electron chi connectivity index (χ3n) is 3.07. The number of aromatic nitrogens is 2. The zero-order valence-corrected chi connectivity index (χ0v) is 12.1. The van der Waals surface area contributed by atoms with E-state index >= 15 is 0 Å². The molecule has 1 amide bonds. The van der Waals surface area contributed by atoms with Crippen LogP contribution in [0, 0.1) is 5.41 Å². The number of carbonyl (C=O) groups excluding carboxylic acids is 1. The summed E-state index contributed by atoms with van der Waals surface area (Å²) in [5.41, 5.74) is 5.04. The van der Waals surface area contributed by atoms with Gasteiger partial charge in [0.15, 0.2) is 5.82 Å². The van der Waals surface area contributed by atoms with E-state index in [4.69, 9.17) is 18.0 Å². The molecule has 1 heterocycles. The number of thiocarbonyl (C=S) groups is 1. The Morgan fingerprint density at radius 1 is 1.47 bits per heavy atom. The summed E-state index contributed by atoms with van der Waals surface area (Å²) in [6.07, 6.45) is 4.20. The largest absolute Gasteiger partial charge is 0.392 e. The Balaban J connectivity index is 2.77. The molecule has 0 saturated heterocycles. The first-order chi connectivity index (χ1) is 9.06. The van der Waals surface area contributed by atoms with E-state index < -0.39 is 5.41 Å². The standard InChI is InChI=1S/C12H20N4O2S/c1-3-5-12(6-4-2,10(13)19)11(17)14-7-9-15-8-18-16-9/h8H,3-7H2,1-2H3,(H2,13,19)(H,14,17). The zero-order chi connectivity index (χ0) is 14.3. The van der Waals surface area contributed by atoms with E-state index in [0.29, 0.717) is 18.7 Å². The van der Waals surface area contributed by atoms with Crippen LogP contribution in [0.4, 0.5) is 0 Å². The molecule has 19 heavy (non-hydrogen) atoms. The second-order valence-electron chi connectivity index (χ2n) is 4.48. The molecule has 1 aromatic rings. The van der Waals surface area contributed by atoms with Crippen LogP contribution in [-0.4, -0.2) is 21.0 Å². The molecule has 3 N–H and O–H groups in total. The Morgan fingerprint density at radius 3 is 2.53 bits per heavy atom. The van der Waals surface area contributed by atoms with Crippen molar-refractivity contribution in [1.29, 1.82) is 0 Å². The molecule has 0 aliphatic rings. The Hall–Kier alpha value is -1.50. The molecule has 0 aliphatic heterocycles. The van der Waals surface area contributed by atoms with E-state index in [1.807, 2.05) is 13.8 Å². The molecular formula is C12H20N4O2S. The molecule has 0 radical (unpaired) electrons. The van der Waals surface area contributed by atoms with Crippen molar-refractivity contribution in [3.63, 3.8) is 0 Å². The molecule has 0 atom stereocenters. The minimum absolute atomic E-state index is 0.159. The van der Waals surface area contributed by atoms with Gasteiger partial charge in [-0.15, -0.1) is 0 Å². The predicted molar refractivity (Wildman–Crippen MR) is 75.2 cm³/mol. The van der Waals surface area contributed by atoms with Gasteiger partial charge in [0.2, 0.25) is 12.3 Å². The smallest absolute Gasteiger partial charge is 0.233 e. The molecule has 0 aromatic carbocycles. The van der Waals surface area contributed by atoms with Crippen LogP contribution in [0.25, 0.3) is 0 Å². The second-order valence-corrected chi connectivity index (χ2v) is 4.92. The predicted octanol–water partition coefficient (Wildman–Crippen LogP) is 1.56. The van der Waals surface area contributed by atoms with Crippen LogP contribution in [0.2, 0.25) is 0 Å². The van der Waals surface area contributed by atoms with E-state index in [9.17, 15) is 4.79 Å². The van der Waals surface area contributed by atoms with Crippen LogP contribution in [-0.2, 0) is 11.3 Å². The van der Waals surface area contributed by atoms with Crippen molar-refractivity contribution in [2.24, 2.45) is 11.1 Å². The lowest BCUT2D eigenvalue weighted by molar-refractivity contribution is -0.128. The highest BCUT2D eigenvalue weighted by molar-refractivity contribution is 7.80. The van der Waals surface area contributed by atoms with Gasteiger partial charge in [0, 0.05) is 0 Å². The summed E-state index contributed by atoms with van der Waals surface area (Å²) in [4.78, 5) is 16.5. The van der Waals surface area contributed by atoms with Gasteiger partial charge in [-0.05, 0) is 12.8 Å². The van der Waals surface area contributed by atoms with Gasteiger partial charge in [0.1, 0.15) is 0 Å². The topological polar surface area (TPSA) is 94.0 Å². The Morgan fingerprint density at radius 2 is 2.11 bits per heavy atom. The maximum Gasteiger partial charge on any atom is 0.233 e. The van der Waals surface area contributed by atoms with Crippen molar-refractivity contribution < 1.29 is 9.32 Å². The lowest BCUT2D eigenvalue weighted by atomic mass is 9.78. The average molecular weight is 284 g/mol. The van der Waals surface area contributed by atoms with Crippen molar-refractivity contribution in [2.75, 3.05) is 0 Å². The summed E-state index contributed by atoms with van der Waals surface area (Å²) >= 11 is 5.12. The number of hydrogen-bond acceptors (Lipinski definition) is 5. The molecule has 1 aromatic heterocycles. The fraction of sp³-hybridized carbons (Fsp3) is 0.667. The summed E-state index contributed by atoms with van der Waals surface area (Å²) in [5.74, 6) is 0.270. The number of carbonyl (C=O) groups is 1. The molecule has 0 aliphatic carbocycles. The molecule has 1 rings (SSSR count). The van der Waals surface area contributed by atoms with E-state index in [1.54, 1.807) is 0 Å². The summed E-state index contributed by atoms with van der Waals surface area (Å²) in [6.45, 7) is 4.23. The monoisotopic (exact) mass is 284 g/mol. The fourth-order valence-electron chi connectivity index (χ4n) is 2.16. The van der Waals surface area contributed by atoms with Gasteiger partial charge in [-0.3, -0.25) is 4.79 Å². The summed E-state index contributed by atoms with van der Waals surface area (Å²) in [6, 6.07) is 0. The quantitative estimate of drug-likeness (QED) is 0.704. The Labute approximate surface area is 118 Å². The van der Waals surface area contributed by atoms with Gasteiger partial charge in [0.05, 0.1) is 16.9 Å². The number of hydrogen-bond donors (Lipinski definition) is 2. The molecule has 0 spiro atoms. The van der Waals surface area contributed by atoms with Crippen LogP contribution < -0.4 is 11.1 Å². The number of nitrogens with two attached hydrogens (primary N) is 1. The lowest BCUT2D eigenvalue weighted by Gasteiger charge is -2.30. The van der Waals surface area contributed by atoms with E-state index in [2.05, 4.69) is 20.0 Å². The van der Waals surface area contributed by atoms with Crippen molar-refractivity contribution in [2.45, 2.75) is 46.1 Å². The minimum atomic E-state index is -0.775. The molecule has 0 unspecified atom stereocenters. The lowest BCUT2D eigenvalue weighted by Crippen LogP contribution is -2.48. The molecule has 106 valence electrons. The number of amides is 1. The highest BCUT2D eigenvalue weighted by Crippen LogP contribution is 2.31. The molecule has 0 saturated carbocycles. The van der Waals surface area contributed by atoms with E-state index in [1.165, 1.54) is 6.39 Å². The maximum absolute atomic E-state index is 12.4. The van der Waals surface area contributed by atoms with Gasteiger partial charge in [0.25, 0.3) is 0 Å². The van der Waals surface area contributed by atoms with Crippen molar-refractivity contribution in [3.8, 4) is 0 Å². The second kappa shape index (κ2) is 7.18. The van der Waals surface area contributed by atoms with Gasteiger partial charge in [-0.2, -0.15) is 4.98 Å². The number of nitrogens with one attached hydrogen (secondary N) is 1. The van der Waals surface area contributed by atoms with Crippen LogP contribution >= 0.6 is 12.2 Å². The summed E-state index contributed by atoms with van der Waals surface area (Å²) < 4.78 is 4.61. The third kappa shape index (κ3) is 3.73.